The van der Waals surface area contributed by atoms with E-state index in [9.17, 15) is 4.79 Å². The van der Waals surface area contributed by atoms with Crippen molar-refractivity contribution in [3.8, 4) is 0 Å². The van der Waals surface area contributed by atoms with Crippen LogP contribution >= 0.6 is 15.9 Å². The van der Waals surface area contributed by atoms with E-state index in [1.807, 2.05) is 31.6 Å². The van der Waals surface area contributed by atoms with Gasteiger partial charge in [0.1, 0.15) is 6.04 Å². The van der Waals surface area contributed by atoms with Gasteiger partial charge in [0, 0.05) is 12.7 Å². The van der Waals surface area contributed by atoms with Crippen LogP contribution in [0.5, 0.6) is 0 Å². The second-order valence-corrected chi connectivity index (χ2v) is 5.50. The largest absolute Gasteiger partial charge is 0.349 e. The fourth-order valence-corrected chi connectivity index (χ4v) is 2.36. The second-order valence-electron chi connectivity index (χ2n) is 4.65. The number of aryl methyl sites for hydroxylation is 2. The molecule has 7 heteroatoms. The molecule has 1 amide bonds. The van der Waals surface area contributed by atoms with Crippen molar-refractivity contribution in [3.05, 3.63) is 34.3 Å². The molecule has 0 aliphatic carbocycles. The number of aromatic nitrogens is 4. The summed E-state index contributed by atoms with van der Waals surface area (Å²) in [7, 11) is 0. The summed E-state index contributed by atoms with van der Waals surface area (Å²) in [5.74, 6) is -0.0659. The maximum atomic E-state index is 12.1. The molecule has 0 aliphatic heterocycles. The van der Waals surface area contributed by atoms with Crippen LogP contribution in [-0.4, -0.2) is 25.5 Å². The van der Waals surface area contributed by atoms with Crippen LogP contribution in [0.3, 0.4) is 0 Å². The molecule has 1 unspecified atom stereocenters. The van der Waals surface area contributed by atoms with Crippen molar-refractivity contribution in [2.45, 2.75) is 39.9 Å². The number of nitrogens with one attached hydrogen (secondary N) is 1. The van der Waals surface area contributed by atoms with Gasteiger partial charge in [-0.3, -0.25) is 14.2 Å². The van der Waals surface area contributed by atoms with Gasteiger partial charge in [-0.1, -0.05) is 0 Å². The molecule has 0 fully saturated rings. The number of carbonyl (C=O) groups excluding carboxylic acids is 1. The molecule has 2 aromatic heterocycles. The van der Waals surface area contributed by atoms with Crippen molar-refractivity contribution in [2.24, 2.45) is 0 Å². The number of amides is 1. The van der Waals surface area contributed by atoms with Crippen molar-refractivity contribution in [2.75, 3.05) is 0 Å². The van der Waals surface area contributed by atoms with Gasteiger partial charge in [0.25, 0.3) is 0 Å². The van der Waals surface area contributed by atoms with Crippen molar-refractivity contribution < 1.29 is 4.79 Å². The van der Waals surface area contributed by atoms with Crippen LogP contribution in [0.4, 0.5) is 0 Å². The molecule has 20 heavy (non-hydrogen) atoms. The summed E-state index contributed by atoms with van der Waals surface area (Å²) in [6, 6.07) is -0.333. The Morgan fingerprint density at radius 1 is 1.45 bits per heavy atom. The molecule has 1 atom stereocenters. The minimum absolute atomic E-state index is 0.0659. The Morgan fingerprint density at radius 3 is 2.80 bits per heavy atom. The number of carbonyl (C=O) groups is 1. The van der Waals surface area contributed by atoms with Gasteiger partial charge >= 0.3 is 0 Å². The van der Waals surface area contributed by atoms with E-state index >= 15 is 0 Å². The van der Waals surface area contributed by atoms with Crippen molar-refractivity contribution >= 4 is 21.8 Å². The Balaban J connectivity index is 2.00. The molecule has 1 N–H and O–H groups in total. The van der Waals surface area contributed by atoms with Crippen LogP contribution in [0, 0.1) is 6.92 Å². The Bertz CT molecular complexity index is 604. The van der Waals surface area contributed by atoms with E-state index in [1.165, 1.54) is 0 Å². The number of hydrogen-bond acceptors (Lipinski definition) is 3. The molecule has 0 radical (unpaired) electrons. The summed E-state index contributed by atoms with van der Waals surface area (Å²) in [4.78, 5) is 12.1. The molecule has 0 spiro atoms. The predicted molar refractivity (Wildman–Crippen MR) is 79.1 cm³/mol. The third kappa shape index (κ3) is 3.09. The molecular weight excluding hydrogens is 322 g/mol. The zero-order valence-electron chi connectivity index (χ0n) is 11.8. The fourth-order valence-electron chi connectivity index (χ4n) is 1.92. The highest BCUT2D eigenvalue weighted by molar-refractivity contribution is 9.10. The first-order valence-corrected chi connectivity index (χ1v) is 7.30. The lowest BCUT2D eigenvalue weighted by molar-refractivity contribution is -0.124. The summed E-state index contributed by atoms with van der Waals surface area (Å²) in [6.45, 7) is 7.00. The first-order chi connectivity index (χ1) is 9.52. The van der Waals surface area contributed by atoms with Crippen LogP contribution in [0.2, 0.25) is 0 Å². The Kier molecular flexibility index (Phi) is 4.59. The van der Waals surface area contributed by atoms with Crippen LogP contribution in [-0.2, 0) is 17.9 Å². The summed E-state index contributed by atoms with van der Waals surface area (Å²) < 4.78 is 4.42. The molecule has 2 heterocycles. The van der Waals surface area contributed by atoms with Crippen LogP contribution in [0.1, 0.15) is 31.1 Å². The summed E-state index contributed by atoms with van der Waals surface area (Å²) >= 11 is 3.44. The fraction of sp³-hybridized carbons (Fsp3) is 0.462. The highest BCUT2D eigenvalue weighted by Gasteiger charge is 2.16. The third-order valence-electron chi connectivity index (χ3n) is 3.13. The molecule has 0 aliphatic rings. The summed E-state index contributed by atoms with van der Waals surface area (Å²) in [5, 5.41) is 11.3. The SMILES string of the molecule is CCn1ncc(Br)c1CNC(=O)C(C)n1cc(C)cn1. The number of halogens is 1. The number of hydrogen-bond donors (Lipinski definition) is 1. The molecular formula is C13H18BrN5O. The van der Waals surface area contributed by atoms with E-state index in [4.69, 9.17) is 0 Å². The Labute approximate surface area is 126 Å². The average molecular weight is 340 g/mol. The van der Waals surface area contributed by atoms with Gasteiger partial charge in [-0.15, -0.1) is 0 Å². The Morgan fingerprint density at radius 2 is 2.20 bits per heavy atom. The van der Waals surface area contributed by atoms with Crippen LogP contribution in [0.15, 0.2) is 23.1 Å². The third-order valence-corrected chi connectivity index (χ3v) is 3.80. The van der Waals surface area contributed by atoms with Gasteiger partial charge in [0.15, 0.2) is 0 Å². The highest BCUT2D eigenvalue weighted by atomic mass is 79.9. The zero-order valence-corrected chi connectivity index (χ0v) is 13.4. The zero-order chi connectivity index (χ0) is 14.7. The monoisotopic (exact) mass is 339 g/mol. The number of nitrogens with zero attached hydrogens (tertiary/aromatic N) is 4. The number of rotatable bonds is 5. The topological polar surface area (TPSA) is 64.7 Å². The molecule has 0 saturated heterocycles. The molecule has 2 aromatic rings. The van der Waals surface area contributed by atoms with E-state index < -0.39 is 0 Å². The summed E-state index contributed by atoms with van der Waals surface area (Å²) in [6.07, 6.45) is 5.34. The first-order valence-electron chi connectivity index (χ1n) is 6.51. The van der Waals surface area contributed by atoms with E-state index in [2.05, 4.69) is 31.4 Å². The quantitative estimate of drug-likeness (QED) is 0.906. The maximum Gasteiger partial charge on any atom is 0.244 e. The first kappa shape index (κ1) is 14.8. The van der Waals surface area contributed by atoms with Gasteiger partial charge < -0.3 is 5.32 Å². The molecule has 0 saturated carbocycles. The van der Waals surface area contributed by atoms with E-state index in [-0.39, 0.29) is 11.9 Å². The van der Waals surface area contributed by atoms with Crippen molar-refractivity contribution in [3.63, 3.8) is 0 Å². The second kappa shape index (κ2) is 6.21. The lowest BCUT2D eigenvalue weighted by atomic mass is 10.3. The van der Waals surface area contributed by atoms with E-state index in [0.29, 0.717) is 6.54 Å². The maximum absolute atomic E-state index is 12.1. The Hall–Kier alpha value is -1.63. The minimum atomic E-state index is -0.333. The molecule has 108 valence electrons. The van der Waals surface area contributed by atoms with Gasteiger partial charge in [-0.25, -0.2) is 0 Å². The normalized spacial score (nSPS) is 12.4. The van der Waals surface area contributed by atoms with Crippen LogP contribution < -0.4 is 5.32 Å². The lowest BCUT2D eigenvalue weighted by Gasteiger charge is -2.13. The van der Waals surface area contributed by atoms with E-state index in [1.54, 1.807) is 17.1 Å². The lowest BCUT2D eigenvalue weighted by Crippen LogP contribution is -2.31. The van der Waals surface area contributed by atoms with Gasteiger partial charge in [-0.05, 0) is 42.3 Å². The summed E-state index contributed by atoms with van der Waals surface area (Å²) in [5.41, 5.74) is 2.00. The van der Waals surface area contributed by atoms with Gasteiger partial charge in [0.05, 0.1) is 29.1 Å². The molecule has 0 bridgehead atoms. The van der Waals surface area contributed by atoms with Gasteiger partial charge in [-0.2, -0.15) is 10.2 Å². The predicted octanol–water partition coefficient (Wildman–Crippen LogP) is 2.05. The molecule has 0 aromatic carbocycles. The van der Waals surface area contributed by atoms with Crippen LogP contribution in [0.25, 0.3) is 0 Å². The standard InChI is InChI=1S/C13H18BrN5O/c1-4-18-12(11(14)6-17-18)7-15-13(20)10(3)19-8-9(2)5-16-19/h5-6,8,10H,4,7H2,1-3H3,(H,15,20). The highest BCUT2D eigenvalue weighted by Crippen LogP contribution is 2.16. The average Bonchev–Trinajstić information content (AvgIpc) is 3.01. The van der Waals surface area contributed by atoms with Gasteiger partial charge in [0.2, 0.25) is 5.91 Å². The van der Waals surface area contributed by atoms with Crippen molar-refractivity contribution in [1.29, 1.82) is 0 Å². The van der Waals surface area contributed by atoms with Crippen molar-refractivity contribution in [1.82, 2.24) is 24.9 Å². The molecule has 6 nitrogen and oxygen atoms in total. The molecule has 2 rings (SSSR count). The van der Waals surface area contributed by atoms with E-state index in [0.717, 1.165) is 22.3 Å². The minimum Gasteiger partial charge on any atom is -0.349 e. The smallest absolute Gasteiger partial charge is 0.244 e.